The molecule has 0 fully saturated rings. The fraction of sp³-hybridized carbons (Fsp3) is 0.222. The van der Waals surface area contributed by atoms with Gasteiger partial charge in [0.1, 0.15) is 0 Å². The summed E-state index contributed by atoms with van der Waals surface area (Å²) in [6.45, 7) is 3.21. The van der Waals surface area contributed by atoms with Crippen molar-refractivity contribution in [3.05, 3.63) is 24.3 Å². The lowest BCUT2D eigenvalue weighted by Crippen LogP contribution is -2.13. The van der Waals surface area contributed by atoms with E-state index in [9.17, 15) is 14.4 Å². The molecule has 0 saturated heterocycles. The maximum atomic E-state index is 10.6. The van der Waals surface area contributed by atoms with Gasteiger partial charge in [-0.1, -0.05) is 12.2 Å². The van der Waals surface area contributed by atoms with Gasteiger partial charge in [-0.3, -0.25) is 9.59 Å². The van der Waals surface area contributed by atoms with Crippen molar-refractivity contribution >= 4 is 17.9 Å². The smallest absolute Gasteiger partial charge is 0.331 e. The summed E-state index contributed by atoms with van der Waals surface area (Å²) in [5, 5.41) is 25.6. The van der Waals surface area contributed by atoms with Crippen LogP contribution in [0, 0.1) is 5.92 Å². The minimum Gasteiger partial charge on any atom is -0.481 e. The monoisotopic (exact) mass is 214 g/mol. The Morgan fingerprint density at radius 2 is 1.73 bits per heavy atom. The molecular formula is C9H10O6. The van der Waals surface area contributed by atoms with Crippen molar-refractivity contribution in [3.63, 3.8) is 0 Å². The molecule has 0 amide bonds. The van der Waals surface area contributed by atoms with E-state index in [1.54, 1.807) is 0 Å². The van der Waals surface area contributed by atoms with Crippen LogP contribution in [0.2, 0.25) is 0 Å². The molecule has 0 bridgehead atoms. The predicted octanol–water partition coefficient (Wildman–Crippen LogP) is 0.359. The fourth-order valence-electron chi connectivity index (χ4n) is 0.826. The largest absolute Gasteiger partial charge is 0.481 e. The quantitative estimate of drug-likeness (QED) is 0.434. The Morgan fingerprint density at radius 1 is 1.20 bits per heavy atom. The highest BCUT2D eigenvalue weighted by Crippen LogP contribution is 2.09. The molecule has 0 aliphatic carbocycles. The van der Waals surface area contributed by atoms with E-state index in [1.165, 1.54) is 0 Å². The van der Waals surface area contributed by atoms with E-state index in [-0.39, 0.29) is 0 Å². The standard InChI is InChI=1S/C9H10O6/c1-2-5(8(12)13)3-6(9(14)15)4-7(10)11/h2-3,5H,1,4H2,(H,10,11)(H,12,13)(H,14,15). The van der Waals surface area contributed by atoms with Crippen LogP contribution >= 0.6 is 0 Å². The molecule has 0 radical (unpaired) electrons. The minimum atomic E-state index is -1.45. The van der Waals surface area contributed by atoms with Crippen LogP contribution in [0.25, 0.3) is 0 Å². The molecule has 0 saturated carbocycles. The van der Waals surface area contributed by atoms with Gasteiger partial charge in [0.15, 0.2) is 0 Å². The summed E-state index contributed by atoms with van der Waals surface area (Å²) in [5.41, 5.74) is -0.477. The number of carboxylic acids is 3. The molecule has 0 aromatic carbocycles. The molecule has 1 atom stereocenters. The first kappa shape index (κ1) is 12.9. The van der Waals surface area contributed by atoms with Crippen LogP contribution in [0.5, 0.6) is 0 Å². The molecule has 0 rings (SSSR count). The van der Waals surface area contributed by atoms with E-state index in [2.05, 4.69) is 6.58 Å². The summed E-state index contributed by atoms with van der Waals surface area (Å²) < 4.78 is 0. The van der Waals surface area contributed by atoms with Crippen LogP contribution in [0.1, 0.15) is 6.42 Å². The number of carboxylic acid groups (broad SMARTS) is 3. The Labute approximate surface area is 85.1 Å². The van der Waals surface area contributed by atoms with E-state index in [4.69, 9.17) is 15.3 Å². The number of rotatable bonds is 6. The molecule has 0 aliphatic heterocycles. The maximum Gasteiger partial charge on any atom is 0.331 e. The topological polar surface area (TPSA) is 112 Å². The molecule has 0 heterocycles. The molecule has 6 nitrogen and oxygen atoms in total. The van der Waals surface area contributed by atoms with Gasteiger partial charge in [-0.05, 0) is 0 Å². The Morgan fingerprint density at radius 3 is 2.00 bits per heavy atom. The predicted molar refractivity (Wildman–Crippen MR) is 49.3 cm³/mol. The summed E-state index contributed by atoms with van der Waals surface area (Å²) in [5.74, 6) is -5.27. The van der Waals surface area contributed by atoms with E-state index in [1.807, 2.05) is 0 Å². The third kappa shape index (κ3) is 4.61. The van der Waals surface area contributed by atoms with E-state index >= 15 is 0 Å². The van der Waals surface area contributed by atoms with Gasteiger partial charge in [0.25, 0.3) is 0 Å². The maximum absolute atomic E-state index is 10.6. The molecular weight excluding hydrogens is 204 g/mol. The molecule has 0 aromatic heterocycles. The Bertz CT molecular complexity index is 327. The normalized spacial score (nSPS) is 12.9. The number of hydrogen-bond acceptors (Lipinski definition) is 3. The average Bonchev–Trinajstić information content (AvgIpc) is 2.10. The second-order valence-corrected chi connectivity index (χ2v) is 2.67. The molecule has 6 heteroatoms. The molecule has 82 valence electrons. The lowest BCUT2D eigenvalue weighted by Gasteiger charge is -2.03. The molecule has 3 N–H and O–H groups in total. The summed E-state index contributed by atoms with van der Waals surface area (Å²) >= 11 is 0. The lowest BCUT2D eigenvalue weighted by atomic mass is 10.0. The number of carbonyl (C=O) groups is 3. The first-order chi connectivity index (χ1) is 6.88. The van der Waals surface area contributed by atoms with E-state index < -0.39 is 35.8 Å². The van der Waals surface area contributed by atoms with Crippen molar-refractivity contribution in [3.8, 4) is 0 Å². The third-order valence-electron chi connectivity index (χ3n) is 1.54. The van der Waals surface area contributed by atoms with E-state index in [0.717, 1.165) is 12.2 Å². The number of hydrogen-bond donors (Lipinski definition) is 3. The van der Waals surface area contributed by atoms with Crippen molar-refractivity contribution in [2.24, 2.45) is 5.92 Å². The highest BCUT2D eigenvalue weighted by molar-refractivity contribution is 5.93. The van der Waals surface area contributed by atoms with Gasteiger partial charge in [-0.2, -0.15) is 0 Å². The molecule has 0 aliphatic rings. The van der Waals surface area contributed by atoms with Crippen LogP contribution in [0.4, 0.5) is 0 Å². The van der Waals surface area contributed by atoms with Gasteiger partial charge in [-0.25, -0.2) is 4.79 Å². The summed E-state index contributed by atoms with van der Waals surface area (Å²) in [4.78, 5) is 31.3. The van der Waals surface area contributed by atoms with Gasteiger partial charge in [0, 0.05) is 5.57 Å². The van der Waals surface area contributed by atoms with Crippen LogP contribution in [0.15, 0.2) is 24.3 Å². The second kappa shape index (κ2) is 5.58. The molecule has 0 spiro atoms. The van der Waals surface area contributed by atoms with Crippen LogP contribution < -0.4 is 0 Å². The zero-order valence-corrected chi connectivity index (χ0v) is 7.71. The van der Waals surface area contributed by atoms with Crippen LogP contribution in [-0.2, 0) is 14.4 Å². The highest BCUT2D eigenvalue weighted by atomic mass is 16.4. The van der Waals surface area contributed by atoms with Crippen LogP contribution in [0.3, 0.4) is 0 Å². The first-order valence-corrected chi connectivity index (χ1v) is 3.89. The second-order valence-electron chi connectivity index (χ2n) is 2.67. The summed E-state index contributed by atoms with van der Waals surface area (Å²) in [7, 11) is 0. The average molecular weight is 214 g/mol. The highest BCUT2D eigenvalue weighted by Gasteiger charge is 2.17. The van der Waals surface area contributed by atoms with Crippen molar-refractivity contribution in [1.82, 2.24) is 0 Å². The first-order valence-electron chi connectivity index (χ1n) is 3.89. The van der Waals surface area contributed by atoms with Crippen molar-refractivity contribution < 1.29 is 29.7 Å². The van der Waals surface area contributed by atoms with Gasteiger partial charge in [-0.15, -0.1) is 6.58 Å². The minimum absolute atomic E-state index is 0.477. The van der Waals surface area contributed by atoms with Crippen LogP contribution in [-0.4, -0.2) is 33.2 Å². The Balaban J connectivity index is 4.95. The van der Waals surface area contributed by atoms with Crippen molar-refractivity contribution in [2.45, 2.75) is 6.42 Å². The lowest BCUT2D eigenvalue weighted by molar-refractivity contribution is -0.140. The third-order valence-corrected chi connectivity index (χ3v) is 1.54. The van der Waals surface area contributed by atoms with Crippen molar-refractivity contribution in [1.29, 1.82) is 0 Å². The summed E-state index contributed by atoms with van der Waals surface area (Å²) in [6, 6.07) is 0. The van der Waals surface area contributed by atoms with E-state index in [0.29, 0.717) is 0 Å². The van der Waals surface area contributed by atoms with Gasteiger partial charge in [0.2, 0.25) is 0 Å². The van der Waals surface area contributed by atoms with Gasteiger partial charge >= 0.3 is 17.9 Å². The zero-order chi connectivity index (χ0) is 12.0. The Kier molecular flexibility index (Phi) is 4.80. The Hall–Kier alpha value is -2.11. The zero-order valence-electron chi connectivity index (χ0n) is 7.71. The molecule has 15 heavy (non-hydrogen) atoms. The summed E-state index contributed by atoms with van der Waals surface area (Å²) in [6.07, 6.45) is 1.14. The van der Waals surface area contributed by atoms with Crippen molar-refractivity contribution in [2.75, 3.05) is 0 Å². The SMILES string of the molecule is C=CC(C=C(CC(=O)O)C(=O)O)C(=O)O. The van der Waals surface area contributed by atoms with Gasteiger partial charge < -0.3 is 15.3 Å². The molecule has 0 aromatic rings. The van der Waals surface area contributed by atoms with Gasteiger partial charge in [0.05, 0.1) is 12.3 Å². The molecule has 1 unspecified atom stereocenters. The fourth-order valence-corrected chi connectivity index (χ4v) is 0.826. The number of aliphatic carboxylic acids is 3.